The molecule has 1 aromatic carbocycles. The monoisotopic (exact) mass is 465 g/mol. The van der Waals surface area contributed by atoms with E-state index in [1.165, 1.54) is 18.5 Å². The van der Waals surface area contributed by atoms with Crippen molar-refractivity contribution in [2.75, 3.05) is 11.9 Å². The summed E-state index contributed by atoms with van der Waals surface area (Å²) in [7, 11) is 0. The van der Waals surface area contributed by atoms with Crippen molar-refractivity contribution in [1.29, 1.82) is 0 Å². The third-order valence-corrected chi connectivity index (χ3v) is 7.44. The second kappa shape index (κ2) is 9.04. The van der Waals surface area contributed by atoms with Gasteiger partial charge in [0, 0.05) is 5.56 Å². The average molecular weight is 466 g/mol. The van der Waals surface area contributed by atoms with Crippen LogP contribution in [0.4, 0.5) is 10.5 Å². The van der Waals surface area contributed by atoms with Gasteiger partial charge in [-0.1, -0.05) is 39.3 Å². The molecule has 34 heavy (non-hydrogen) atoms. The summed E-state index contributed by atoms with van der Waals surface area (Å²) in [4.78, 5) is 47.7. The predicted octanol–water partition coefficient (Wildman–Crippen LogP) is 3.70. The van der Waals surface area contributed by atoms with Gasteiger partial charge in [0.15, 0.2) is 5.82 Å². The predicted molar refractivity (Wildman–Crippen MR) is 127 cm³/mol. The van der Waals surface area contributed by atoms with Crippen LogP contribution in [0.15, 0.2) is 36.7 Å². The molecule has 4 rings (SSSR count). The summed E-state index contributed by atoms with van der Waals surface area (Å²) in [6.45, 7) is 6.31. The van der Waals surface area contributed by atoms with Crippen molar-refractivity contribution in [3.05, 3.63) is 36.7 Å². The van der Waals surface area contributed by atoms with Crippen LogP contribution >= 0.6 is 0 Å². The van der Waals surface area contributed by atoms with Crippen molar-refractivity contribution in [1.82, 2.24) is 20.2 Å². The fourth-order valence-corrected chi connectivity index (χ4v) is 4.87. The minimum Gasteiger partial charge on any atom is -0.508 e. The molecule has 1 spiro atoms. The van der Waals surface area contributed by atoms with Gasteiger partial charge < -0.3 is 15.7 Å². The first-order valence-corrected chi connectivity index (χ1v) is 11.7. The average Bonchev–Trinajstić information content (AvgIpc) is 3.03. The van der Waals surface area contributed by atoms with E-state index in [1.54, 1.807) is 18.2 Å². The van der Waals surface area contributed by atoms with Crippen LogP contribution in [0.3, 0.4) is 0 Å². The Hall–Kier alpha value is -3.49. The molecule has 0 radical (unpaired) electrons. The molecule has 0 atom stereocenters. The molecule has 2 aromatic rings. The highest BCUT2D eigenvalue weighted by Crippen LogP contribution is 2.45. The van der Waals surface area contributed by atoms with E-state index in [2.05, 4.69) is 41.4 Å². The molecular formula is C25H31N5O4. The number of aromatic nitrogens is 2. The van der Waals surface area contributed by atoms with Gasteiger partial charge in [0.25, 0.3) is 5.91 Å². The maximum absolute atomic E-state index is 13.2. The first-order valence-electron chi connectivity index (χ1n) is 11.7. The van der Waals surface area contributed by atoms with Crippen LogP contribution < -0.4 is 10.6 Å². The molecule has 180 valence electrons. The standard InChI is InChI=1S/C25H31N5O4/c1-4-24(2,3)17-8-10-25(11-9-17)22(33)30(23(34)29-25)15-20(32)28-18-13-26-21(27-14-18)16-6-5-7-19(31)12-16/h5-7,12-14,17,31H,4,8-11,15H2,1-3H3,(H,28,32)(H,29,34). The quantitative estimate of drug-likeness (QED) is 0.559. The fourth-order valence-electron chi connectivity index (χ4n) is 4.87. The van der Waals surface area contributed by atoms with Gasteiger partial charge in [-0.15, -0.1) is 0 Å². The summed E-state index contributed by atoms with van der Waals surface area (Å²) in [6.07, 6.45) is 6.87. The first kappa shape index (κ1) is 23.7. The zero-order chi connectivity index (χ0) is 24.5. The fraction of sp³-hybridized carbons (Fsp3) is 0.480. The maximum atomic E-state index is 13.2. The highest BCUT2D eigenvalue weighted by molar-refractivity contribution is 6.10. The largest absolute Gasteiger partial charge is 0.508 e. The van der Waals surface area contributed by atoms with Crippen LogP contribution in [-0.2, 0) is 9.59 Å². The molecule has 9 nitrogen and oxygen atoms in total. The van der Waals surface area contributed by atoms with Crippen LogP contribution in [-0.4, -0.2) is 49.9 Å². The van der Waals surface area contributed by atoms with Gasteiger partial charge in [0.2, 0.25) is 5.91 Å². The lowest BCUT2D eigenvalue weighted by Crippen LogP contribution is -2.51. The maximum Gasteiger partial charge on any atom is 0.325 e. The van der Waals surface area contributed by atoms with Crippen molar-refractivity contribution in [2.45, 2.75) is 58.4 Å². The molecule has 0 unspecified atom stereocenters. The molecule has 2 fully saturated rings. The molecule has 0 bridgehead atoms. The Morgan fingerprint density at radius 3 is 2.53 bits per heavy atom. The Labute approximate surface area is 199 Å². The van der Waals surface area contributed by atoms with E-state index in [9.17, 15) is 19.5 Å². The van der Waals surface area contributed by atoms with Gasteiger partial charge >= 0.3 is 6.03 Å². The summed E-state index contributed by atoms with van der Waals surface area (Å²) in [5, 5.41) is 15.1. The summed E-state index contributed by atoms with van der Waals surface area (Å²) in [5.41, 5.74) is 0.284. The Bertz CT molecular complexity index is 1090. The number of aromatic hydroxyl groups is 1. The number of nitrogens with zero attached hydrogens (tertiary/aromatic N) is 3. The van der Waals surface area contributed by atoms with Crippen LogP contribution in [0.1, 0.15) is 52.9 Å². The van der Waals surface area contributed by atoms with Crippen molar-refractivity contribution in [3.63, 3.8) is 0 Å². The van der Waals surface area contributed by atoms with Crippen molar-refractivity contribution >= 4 is 23.5 Å². The second-order valence-corrected chi connectivity index (χ2v) is 9.91. The lowest BCUT2D eigenvalue weighted by molar-refractivity contribution is -0.135. The van der Waals surface area contributed by atoms with Gasteiger partial charge in [-0.05, 0) is 49.1 Å². The van der Waals surface area contributed by atoms with Gasteiger partial charge in [0.05, 0.1) is 18.1 Å². The third kappa shape index (κ3) is 4.60. The van der Waals surface area contributed by atoms with Gasteiger partial charge in [-0.25, -0.2) is 14.8 Å². The Kier molecular flexibility index (Phi) is 6.29. The summed E-state index contributed by atoms with van der Waals surface area (Å²) in [6, 6.07) is 6.01. The molecule has 2 heterocycles. The molecule has 1 aliphatic heterocycles. The third-order valence-electron chi connectivity index (χ3n) is 7.44. The normalized spacial score (nSPS) is 22.7. The molecule has 1 aromatic heterocycles. The van der Waals surface area contributed by atoms with Gasteiger partial charge in [0.1, 0.15) is 17.8 Å². The van der Waals surface area contributed by atoms with E-state index in [4.69, 9.17) is 0 Å². The van der Waals surface area contributed by atoms with E-state index in [-0.39, 0.29) is 23.6 Å². The van der Waals surface area contributed by atoms with Gasteiger partial charge in [-0.3, -0.25) is 14.5 Å². The smallest absolute Gasteiger partial charge is 0.325 e. The molecule has 1 saturated carbocycles. The van der Waals surface area contributed by atoms with E-state index in [0.717, 1.165) is 24.2 Å². The van der Waals surface area contributed by atoms with Crippen LogP contribution in [0.5, 0.6) is 5.75 Å². The zero-order valence-corrected chi connectivity index (χ0v) is 19.8. The molecule has 4 amide bonds. The number of amides is 4. The summed E-state index contributed by atoms with van der Waals surface area (Å²) >= 11 is 0. The Balaban J connectivity index is 1.36. The van der Waals surface area contributed by atoms with E-state index >= 15 is 0 Å². The van der Waals surface area contributed by atoms with Crippen molar-refractivity contribution in [3.8, 4) is 17.1 Å². The van der Waals surface area contributed by atoms with Crippen molar-refractivity contribution in [2.24, 2.45) is 11.3 Å². The number of rotatable bonds is 6. The second-order valence-electron chi connectivity index (χ2n) is 9.91. The van der Waals surface area contributed by atoms with E-state index < -0.39 is 17.5 Å². The number of phenols is 1. The number of benzene rings is 1. The lowest BCUT2D eigenvalue weighted by Gasteiger charge is -2.42. The summed E-state index contributed by atoms with van der Waals surface area (Å²) < 4.78 is 0. The molecule has 3 N–H and O–H groups in total. The minimum absolute atomic E-state index is 0.104. The molecule has 2 aliphatic rings. The van der Waals surface area contributed by atoms with E-state index in [0.29, 0.717) is 35.8 Å². The number of phenolic OH excluding ortho intramolecular Hbond substituents is 1. The highest BCUT2D eigenvalue weighted by Gasteiger charge is 2.53. The first-order chi connectivity index (χ1) is 16.1. The number of hydrogen-bond acceptors (Lipinski definition) is 6. The number of nitrogens with one attached hydrogen (secondary N) is 2. The SMILES string of the molecule is CCC(C)(C)C1CCC2(CC1)NC(=O)N(CC(=O)Nc1cnc(-c3cccc(O)c3)nc1)C2=O. The number of carbonyl (C=O) groups is 3. The van der Waals surface area contributed by atoms with Crippen LogP contribution in [0.2, 0.25) is 0 Å². The molecule has 1 aliphatic carbocycles. The number of hydrogen-bond donors (Lipinski definition) is 3. The number of anilines is 1. The van der Waals surface area contributed by atoms with E-state index in [1.807, 2.05) is 0 Å². The number of carbonyl (C=O) groups excluding carboxylic acids is 3. The number of imide groups is 1. The Morgan fingerprint density at radius 1 is 1.24 bits per heavy atom. The summed E-state index contributed by atoms with van der Waals surface area (Å²) in [5.74, 6) is 0.179. The molecular weight excluding hydrogens is 434 g/mol. The molecule has 9 heteroatoms. The highest BCUT2D eigenvalue weighted by atomic mass is 16.3. The lowest BCUT2D eigenvalue weighted by atomic mass is 9.65. The molecule has 1 saturated heterocycles. The van der Waals surface area contributed by atoms with Crippen LogP contribution in [0, 0.1) is 11.3 Å². The number of urea groups is 1. The van der Waals surface area contributed by atoms with Gasteiger partial charge in [-0.2, -0.15) is 0 Å². The Morgan fingerprint density at radius 2 is 1.91 bits per heavy atom. The zero-order valence-electron chi connectivity index (χ0n) is 19.8. The van der Waals surface area contributed by atoms with Crippen LogP contribution in [0.25, 0.3) is 11.4 Å². The van der Waals surface area contributed by atoms with Crippen molar-refractivity contribution < 1.29 is 19.5 Å². The topological polar surface area (TPSA) is 125 Å². The minimum atomic E-state index is -0.899.